The van der Waals surface area contributed by atoms with Gasteiger partial charge in [0, 0.05) is 25.9 Å². The SMILES string of the molecule is COc1ccc(C2(NC(C)=O)CCN(C(=O)C3CCC3)CC2)cc1. The lowest BCUT2D eigenvalue weighted by Crippen LogP contribution is -2.54. The minimum atomic E-state index is -0.394. The number of nitrogens with one attached hydrogen (secondary N) is 1. The molecule has 24 heavy (non-hydrogen) atoms. The van der Waals surface area contributed by atoms with Gasteiger partial charge in [-0.2, -0.15) is 0 Å². The highest BCUT2D eigenvalue weighted by atomic mass is 16.5. The van der Waals surface area contributed by atoms with E-state index in [1.165, 1.54) is 6.42 Å². The third kappa shape index (κ3) is 3.25. The molecule has 2 fully saturated rings. The maximum atomic E-state index is 12.5. The number of carbonyl (C=O) groups excluding carboxylic acids is 2. The monoisotopic (exact) mass is 330 g/mol. The minimum Gasteiger partial charge on any atom is -0.497 e. The highest BCUT2D eigenvalue weighted by Crippen LogP contribution is 2.36. The molecule has 1 saturated carbocycles. The summed E-state index contributed by atoms with van der Waals surface area (Å²) in [4.78, 5) is 26.2. The third-order valence-corrected chi connectivity index (χ3v) is 5.44. The minimum absolute atomic E-state index is 0.0374. The van der Waals surface area contributed by atoms with Crippen LogP contribution in [-0.4, -0.2) is 36.9 Å². The Morgan fingerprint density at radius 2 is 1.79 bits per heavy atom. The molecule has 130 valence electrons. The molecule has 2 amide bonds. The number of hydrogen-bond acceptors (Lipinski definition) is 3. The Hall–Kier alpha value is -2.04. The van der Waals surface area contributed by atoms with Crippen LogP contribution >= 0.6 is 0 Å². The number of ether oxygens (including phenoxy) is 1. The van der Waals surface area contributed by atoms with E-state index < -0.39 is 5.54 Å². The Morgan fingerprint density at radius 3 is 2.25 bits per heavy atom. The van der Waals surface area contributed by atoms with Gasteiger partial charge in [-0.3, -0.25) is 9.59 Å². The van der Waals surface area contributed by atoms with E-state index in [1.54, 1.807) is 14.0 Å². The van der Waals surface area contributed by atoms with Crippen LogP contribution in [-0.2, 0) is 15.1 Å². The van der Waals surface area contributed by atoms with Crippen LogP contribution in [0.2, 0.25) is 0 Å². The lowest BCUT2D eigenvalue weighted by atomic mass is 9.79. The average Bonchev–Trinajstić information content (AvgIpc) is 2.53. The van der Waals surface area contributed by atoms with Gasteiger partial charge in [-0.05, 0) is 43.4 Å². The van der Waals surface area contributed by atoms with Crippen molar-refractivity contribution in [1.29, 1.82) is 0 Å². The second kappa shape index (κ2) is 6.83. The van der Waals surface area contributed by atoms with Crippen molar-refractivity contribution >= 4 is 11.8 Å². The zero-order chi connectivity index (χ0) is 17.2. The molecule has 0 spiro atoms. The Labute approximate surface area is 143 Å². The van der Waals surface area contributed by atoms with Crippen molar-refractivity contribution in [3.8, 4) is 5.75 Å². The van der Waals surface area contributed by atoms with E-state index in [2.05, 4.69) is 5.32 Å². The lowest BCUT2D eigenvalue weighted by molar-refractivity contribution is -0.140. The smallest absolute Gasteiger partial charge is 0.225 e. The molecule has 1 N–H and O–H groups in total. The molecular formula is C19H26N2O3. The number of benzene rings is 1. The summed E-state index contributed by atoms with van der Waals surface area (Å²) in [6.07, 6.45) is 4.73. The highest BCUT2D eigenvalue weighted by Gasteiger charge is 2.40. The Balaban J connectivity index is 1.75. The number of nitrogens with zero attached hydrogens (tertiary/aromatic N) is 1. The van der Waals surface area contributed by atoms with Crippen LogP contribution in [0.5, 0.6) is 5.75 Å². The van der Waals surface area contributed by atoms with Crippen molar-refractivity contribution in [2.75, 3.05) is 20.2 Å². The first-order chi connectivity index (χ1) is 11.5. The van der Waals surface area contributed by atoms with Crippen molar-refractivity contribution in [1.82, 2.24) is 10.2 Å². The Morgan fingerprint density at radius 1 is 1.17 bits per heavy atom. The fourth-order valence-electron chi connectivity index (χ4n) is 3.76. The molecule has 0 unspecified atom stereocenters. The molecule has 0 aromatic heterocycles. The van der Waals surface area contributed by atoms with Gasteiger partial charge >= 0.3 is 0 Å². The van der Waals surface area contributed by atoms with Gasteiger partial charge in [-0.25, -0.2) is 0 Å². The standard InChI is InChI=1S/C19H26N2O3/c1-14(22)20-19(16-6-8-17(24-2)9-7-16)10-12-21(13-11-19)18(23)15-4-3-5-15/h6-9,15H,3-5,10-13H2,1-2H3,(H,20,22). The molecule has 0 radical (unpaired) electrons. The molecule has 0 bridgehead atoms. The molecule has 1 aromatic carbocycles. The first-order valence-electron chi connectivity index (χ1n) is 8.76. The molecule has 1 aliphatic carbocycles. The summed E-state index contributed by atoms with van der Waals surface area (Å²) in [5.74, 6) is 1.30. The summed E-state index contributed by atoms with van der Waals surface area (Å²) in [6.45, 7) is 2.94. The zero-order valence-electron chi connectivity index (χ0n) is 14.5. The number of piperidine rings is 1. The Bertz CT molecular complexity index is 600. The van der Waals surface area contributed by atoms with Crippen molar-refractivity contribution in [3.05, 3.63) is 29.8 Å². The molecule has 2 aliphatic rings. The summed E-state index contributed by atoms with van der Waals surface area (Å²) in [6, 6.07) is 7.87. The molecular weight excluding hydrogens is 304 g/mol. The van der Waals surface area contributed by atoms with Gasteiger partial charge in [-0.1, -0.05) is 18.6 Å². The molecule has 5 nitrogen and oxygen atoms in total. The van der Waals surface area contributed by atoms with Crippen LogP contribution in [0.25, 0.3) is 0 Å². The van der Waals surface area contributed by atoms with E-state index in [1.807, 2.05) is 29.2 Å². The molecule has 0 atom stereocenters. The van der Waals surface area contributed by atoms with Crippen LogP contribution in [0.3, 0.4) is 0 Å². The second-order valence-electron chi connectivity index (χ2n) is 6.94. The van der Waals surface area contributed by atoms with E-state index in [4.69, 9.17) is 4.74 Å². The highest BCUT2D eigenvalue weighted by molar-refractivity contribution is 5.80. The van der Waals surface area contributed by atoms with Crippen LogP contribution in [0.1, 0.15) is 44.6 Å². The number of methoxy groups -OCH3 is 1. The van der Waals surface area contributed by atoms with E-state index in [0.717, 1.165) is 37.0 Å². The second-order valence-corrected chi connectivity index (χ2v) is 6.94. The topological polar surface area (TPSA) is 58.6 Å². The number of carbonyl (C=O) groups is 2. The van der Waals surface area contributed by atoms with Crippen molar-refractivity contribution in [2.24, 2.45) is 5.92 Å². The van der Waals surface area contributed by atoms with Gasteiger partial charge in [0.25, 0.3) is 0 Å². The number of hydrogen-bond donors (Lipinski definition) is 1. The third-order valence-electron chi connectivity index (χ3n) is 5.44. The first kappa shape index (κ1) is 16.8. The first-order valence-corrected chi connectivity index (χ1v) is 8.76. The quantitative estimate of drug-likeness (QED) is 0.922. The van der Waals surface area contributed by atoms with Crippen LogP contribution in [0, 0.1) is 5.92 Å². The van der Waals surface area contributed by atoms with Crippen molar-refractivity contribution in [3.63, 3.8) is 0 Å². The van der Waals surface area contributed by atoms with Crippen molar-refractivity contribution < 1.29 is 14.3 Å². The molecule has 3 rings (SSSR count). The average molecular weight is 330 g/mol. The van der Waals surface area contributed by atoms with Crippen molar-refractivity contribution in [2.45, 2.75) is 44.6 Å². The van der Waals surface area contributed by atoms with Gasteiger partial charge in [0.1, 0.15) is 5.75 Å². The lowest BCUT2D eigenvalue weighted by Gasteiger charge is -2.44. The van der Waals surface area contributed by atoms with Crippen LogP contribution < -0.4 is 10.1 Å². The molecule has 1 saturated heterocycles. The van der Waals surface area contributed by atoms with Crippen LogP contribution in [0.15, 0.2) is 24.3 Å². The fourth-order valence-corrected chi connectivity index (χ4v) is 3.76. The van der Waals surface area contributed by atoms with E-state index >= 15 is 0 Å². The summed E-state index contributed by atoms with van der Waals surface area (Å²) in [5, 5.41) is 3.15. The van der Waals surface area contributed by atoms with Gasteiger partial charge in [0.2, 0.25) is 11.8 Å². The summed E-state index contributed by atoms with van der Waals surface area (Å²) in [5.41, 5.74) is 0.684. The van der Waals surface area contributed by atoms with Crippen LogP contribution in [0.4, 0.5) is 0 Å². The van der Waals surface area contributed by atoms with E-state index in [0.29, 0.717) is 19.0 Å². The van der Waals surface area contributed by atoms with Gasteiger partial charge in [-0.15, -0.1) is 0 Å². The largest absolute Gasteiger partial charge is 0.497 e. The maximum Gasteiger partial charge on any atom is 0.225 e. The molecule has 1 aromatic rings. The fraction of sp³-hybridized carbons (Fsp3) is 0.579. The maximum absolute atomic E-state index is 12.5. The zero-order valence-corrected chi connectivity index (χ0v) is 14.5. The van der Waals surface area contributed by atoms with Gasteiger partial charge in [0.05, 0.1) is 12.6 Å². The molecule has 5 heteroatoms. The summed E-state index contributed by atoms with van der Waals surface area (Å²) < 4.78 is 5.22. The van der Waals surface area contributed by atoms with Gasteiger partial charge in [0.15, 0.2) is 0 Å². The number of likely N-dealkylation sites (tertiary alicyclic amines) is 1. The van der Waals surface area contributed by atoms with E-state index in [-0.39, 0.29) is 11.8 Å². The normalized spacial score (nSPS) is 20.2. The number of amides is 2. The molecule has 1 heterocycles. The Kier molecular flexibility index (Phi) is 4.78. The predicted molar refractivity (Wildman–Crippen MR) is 91.6 cm³/mol. The van der Waals surface area contributed by atoms with E-state index in [9.17, 15) is 9.59 Å². The predicted octanol–water partition coefficient (Wildman–Crippen LogP) is 2.45. The van der Waals surface area contributed by atoms with Gasteiger partial charge < -0.3 is 15.0 Å². The summed E-state index contributed by atoms with van der Waals surface area (Å²) in [7, 11) is 1.64. The summed E-state index contributed by atoms with van der Waals surface area (Å²) >= 11 is 0. The molecule has 1 aliphatic heterocycles. The number of rotatable bonds is 4.